The summed E-state index contributed by atoms with van der Waals surface area (Å²) in [7, 11) is 0. The summed E-state index contributed by atoms with van der Waals surface area (Å²) in [5.41, 5.74) is 0.913. The summed E-state index contributed by atoms with van der Waals surface area (Å²) in [5.74, 6) is 0.199. The van der Waals surface area contributed by atoms with Gasteiger partial charge in [-0.15, -0.1) is 0 Å². The van der Waals surface area contributed by atoms with Gasteiger partial charge in [-0.25, -0.2) is 0 Å². The van der Waals surface area contributed by atoms with E-state index in [-0.39, 0.29) is 41.7 Å². The summed E-state index contributed by atoms with van der Waals surface area (Å²) < 4.78 is 16.6. The molecule has 0 bridgehead atoms. The second kappa shape index (κ2) is 13.0. The standard InChI is InChI=1S/C27H30N2O6/c1-3-15-33-22-12-11-19(18-24(22)34-16-4-2)25(30)20-8-5-6-9-21(20)26(31)28-13-14-29-27(32)23-10-7-17-35-23/h5-12,17-18H,3-4,13-16H2,1-2H3,(H,28,31)(H,29,32). The maximum atomic E-state index is 13.3. The largest absolute Gasteiger partial charge is 0.490 e. The molecule has 0 atom stereocenters. The zero-order valence-corrected chi connectivity index (χ0v) is 20.0. The van der Waals surface area contributed by atoms with Crippen molar-refractivity contribution in [3.05, 3.63) is 83.3 Å². The fourth-order valence-electron chi connectivity index (χ4n) is 3.28. The summed E-state index contributed by atoms with van der Waals surface area (Å²) in [5, 5.41) is 5.39. The minimum Gasteiger partial charge on any atom is -0.490 e. The third kappa shape index (κ3) is 6.96. The molecule has 0 unspecified atom stereocenters. The number of nitrogens with one attached hydrogen (secondary N) is 2. The maximum absolute atomic E-state index is 13.3. The molecule has 0 saturated heterocycles. The fraction of sp³-hybridized carbons (Fsp3) is 0.296. The normalized spacial score (nSPS) is 10.5. The predicted octanol–water partition coefficient (Wildman–Crippen LogP) is 4.25. The fourth-order valence-corrected chi connectivity index (χ4v) is 3.28. The number of amides is 2. The van der Waals surface area contributed by atoms with E-state index in [1.165, 1.54) is 6.26 Å². The molecule has 2 N–H and O–H groups in total. The first-order valence-electron chi connectivity index (χ1n) is 11.7. The average Bonchev–Trinajstić information content (AvgIpc) is 3.43. The Hall–Kier alpha value is -4.07. The van der Waals surface area contributed by atoms with Crippen LogP contribution in [0.3, 0.4) is 0 Å². The van der Waals surface area contributed by atoms with Crippen LogP contribution in [0, 0.1) is 0 Å². The SMILES string of the molecule is CCCOc1ccc(C(=O)c2ccccc2C(=O)NCCNC(=O)c2ccco2)cc1OCCC. The quantitative estimate of drug-likeness (QED) is 0.281. The Bertz CT molecular complexity index is 1140. The molecule has 0 aliphatic rings. The van der Waals surface area contributed by atoms with Crippen molar-refractivity contribution in [2.75, 3.05) is 26.3 Å². The Morgan fingerprint density at radius 3 is 2.09 bits per heavy atom. The van der Waals surface area contributed by atoms with Gasteiger partial charge < -0.3 is 24.5 Å². The number of rotatable bonds is 13. The van der Waals surface area contributed by atoms with Gasteiger partial charge in [0.15, 0.2) is 23.0 Å². The molecule has 35 heavy (non-hydrogen) atoms. The van der Waals surface area contributed by atoms with Crippen LogP contribution in [0.2, 0.25) is 0 Å². The summed E-state index contributed by atoms with van der Waals surface area (Å²) in [6.07, 6.45) is 3.08. The Morgan fingerprint density at radius 1 is 0.771 bits per heavy atom. The lowest BCUT2D eigenvalue weighted by molar-refractivity contribution is 0.0909. The number of hydrogen-bond acceptors (Lipinski definition) is 6. The molecule has 184 valence electrons. The molecule has 1 heterocycles. The van der Waals surface area contributed by atoms with Gasteiger partial charge in [-0.1, -0.05) is 32.0 Å². The van der Waals surface area contributed by atoms with E-state index in [0.29, 0.717) is 30.3 Å². The molecule has 8 nitrogen and oxygen atoms in total. The van der Waals surface area contributed by atoms with Crippen LogP contribution in [0.15, 0.2) is 65.3 Å². The van der Waals surface area contributed by atoms with E-state index < -0.39 is 5.91 Å². The zero-order valence-electron chi connectivity index (χ0n) is 20.0. The molecule has 2 amide bonds. The third-order valence-corrected chi connectivity index (χ3v) is 4.99. The van der Waals surface area contributed by atoms with Gasteiger partial charge in [-0.3, -0.25) is 14.4 Å². The van der Waals surface area contributed by atoms with E-state index in [1.807, 2.05) is 13.8 Å². The Morgan fingerprint density at radius 2 is 1.43 bits per heavy atom. The molecule has 3 rings (SSSR count). The van der Waals surface area contributed by atoms with Gasteiger partial charge in [0.25, 0.3) is 11.8 Å². The number of furan rings is 1. The molecule has 0 aliphatic carbocycles. The van der Waals surface area contributed by atoms with Crippen LogP contribution in [-0.4, -0.2) is 43.9 Å². The third-order valence-electron chi connectivity index (χ3n) is 4.99. The minimum atomic E-state index is -0.411. The van der Waals surface area contributed by atoms with Gasteiger partial charge in [0, 0.05) is 24.2 Å². The monoisotopic (exact) mass is 478 g/mol. The van der Waals surface area contributed by atoms with Crippen LogP contribution >= 0.6 is 0 Å². The first-order valence-corrected chi connectivity index (χ1v) is 11.7. The van der Waals surface area contributed by atoms with Gasteiger partial charge in [0.1, 0.15) is 0 Å². The molecule has 0 spiro atoms. The molecule has 0 aliphatic heterocycles. The van der Waals surface area contributed by atoms with Crippen molar-refractivity contribution in [1.29, 1.82) is 0 Å². The van der Waals surface area contributed by atoms with E-state index in [0.717, 1.165) is 12.8 Å². The first kappa shape index (κ1) is 25.6. The minimum absolute atomic E-state index is 0.187. The molecule has 0 radical (unpaired) electrons. The van der Waals surface area contributed by atoms with Crippen LogP contribution < -0.4 is 20.1 Å². The lowest BCUT2D eigenvalue weighted by Gasteiger charge is -2.14. The molecule has 0 fully saturated rings. The molecule has 0 saturated carbocycles. The summed E-state index contributed by atoms with van der Waals surface area (Å²) in [6.45, 7) is 5.44. The van der Waals surface area contributed by atoms with Crippen LogP contribution in [0.1, 0.15) is 63.5 Å². The Balaban J connectivity index is 1.69. The van der Waals surface area contributed by atoms with Crippen LogP contribution in [-0.2, 0) is 0 Å². The van der Waals surface area contributed by atoms with E-state index in [4.69, 9.17) is 13.9 Å². The number of hydrogen-bond donors (Lipinski definition) is 2. The van der Waals surface area contributed by atoms with Crippen molar-refractivity contribution >= 4 is 17.6 Å². The van der Waals surface area contributed by atoms with Gasteiger partial charge in [0.05, 0.1) is 25.0 Å². The summed E-state index contributed by atoms with van der Waals surface area (Å²) in [4.78, 5) is 38.1. The number of benzene rings is 2. The van der Waals surface area contributed by atoms with Crippen molar-refractivity contribution in [1.82, 2.24) is 10.6 Å². The second-order valence-electron chi connectivity index (χ2n) is 7.72. The van der Waals surface area contributed by atoms with E-state index in [2.05, 4.69) is 10.6 Å². The molecular formula is C27H30N2O6. The number of ketones is 1. The average molecular weight is 479 g/mol. The molecule has 2 aromatic carbocycles. The molecule has 3 aromatic rings. The van der Waals surface area contributed by atoms with Crippen molar-refractivity contribution in [2.45, 2.75) is 26.7 Å². The van der Waals surface area contributed by atoms with Crippen molar-refractivity contribution in [2.24, 2.45) is 0 Å². The van der Waals surface area contributed by atoms with Gasteiger partial charge in [-0.2, -0.15) is 0 Å². The summed E-state index contributed by atoms with van der Waals surface area (Å²) in [6, 6.07) is 14.8. The summed E-state index contributed by atoms with van der Waals surface area (Å²) >= 11 is 0. The predicted molar refractivity (Wildman–Crippen MR) is 131 cm³/mol. The van der Waals surface area contributed by atoms with Crippen LogP contribution in [0.25, 0.3) is 0 Å². The second-order valence-corrected chi connectivity index (χ2v) is 7.72. The topological polar surface area (TPSA) is 107 Å². The number of carbonyl (C=O) groups is 3. The van der Waals surface area contributed by atoms with Crippen molar-refractivity contribution in [3.8, 4) is 11.5 Å². The van der Waals surface area contributed by atoms with Gasteiger partial charge in [-0.05, 0) is 49.2 Å². The van der Waals surface area contributed by atoms with Crippen LogP contribution in [0.5, 0.6) is 11.5 Å². The van der Waals surface area contributed by atoms with Crippen LogP contribution in [0.4, 0.5) is 0 Å². The highest BCUT2D eigenvalue weighted by molar-refractivity contribution is 6.15. The number of ether oxygens (including phenoxy) is 2. The smallest absolute Gasteiger partial charge is 0.287 e. The number of carbonyl (C=O) groups excluding carboxylic acids is 3. The maximum Gasteiger partial charge on any atom is 0.287 e. The lowest BCUT2D eigenvalue weighted by atomic mass is 9.97. The van der Waals surface area contributed by atoms with E-state index in [9.17, 15) is 14.4 Å². The van der Waals surface area contributed by atoms with Gasteiger partial charge >= 0.3 is 0 Å². The lowest BCUT2D eigenvalue weighted by Crippen LogP contribution is -2.35. The zero-order chi connectivity index (χ0) is 25.0. The molecular weight excluding hydrogens is 448 g/mol. The highest BCUT2D eigenvalue weighted by Crippen LogP contribution is 2.30. The van der Waals surface area contributed by atoms with E-state index in [1.54, 1.807) is 54.6 Å². The Labute approximate surface area is 204 Å². The first-order chi connectivity index (χ1) is 17.0. The van der Waals surface area contributed by atoms with Crippen molar-refractivity contribution in [3.63, 3.8) is 0 Å². The van der Waals surface area contributed by atoms with Crippen molar-refractivity contribution < 1.29 is 28.3 Å². The Kier molecular flexibility index (Phi) is 9.48. The molecule has 1 aromatic heterocycles. The highest BCUT2D eigenvalue weighted by Gasteiger charge is 2.20. The highest BCUT2D eigenvalue weighted by atomic mass is 16.5. The molecule has 8 heteroatoms. The van der Waals surface area contributed by atoms with E-state index >= 15 is 0 Å². The van der Waals surface area contributed by atoms with Gasteiger partial charge in [0.2, 0.25) is 0 Å².